The third-order valence-electron chi connectivity index (χ3n) is 10.0. The standard InChI is InChI=1S/C41H41Cl2N7O2/c1-3-4-21-49(26-51)32-18-22-48(23-19-32)40-34(11-8-20-44-40)47-41(52)38-36(33-17-16-31(43)24-35(33)46-38)39-37(29-9-6-5-7-10-29)45-25-50(39)27(2)28-12-14-30(42)15-13-28/h5-17,20,24-27,32,46H,3-4,18-19,21-23H2,1-2H3,(H,47,52). The number of aromatic nitrogens is 4. The number of rotatable bonds is 12. The fourth-order valence-corrected chi connectivity index (χ4v) is 7.50. The monoisotopic (exact) mass is 733 g/mol. The number of anilines is 2. The number of imidazole rings is 1. The molecule has 3 aromatic carbocycles. The highest BCUT2D eigenvalue weighted by molar-refractivity contribution is 6.31. The molecule has 0 radical (unpaired) electrons. The maximum atomic E-state index is 14.6. The van der Waals surface area contributed by atoms with Crippen LogP contribution in [0.25, 0.3) is 33.4 Å². The number of H-pyrrole nitrogens is 1. The summed E-state index contributed by atoms with van der Waals surface area (Å²) in [6, 6.07) is 27.2. The summed E-state index contributed by atoms with van der Waals surface area (Å²) >= 11 is 12.8. The molecule has 2 amide bonds. The number of unbranched alkanes of at least 4 members (excludes halogenated alkanes) is 1. The molecular formula is C41H41Cl2N7O2. The van der Waals surface area contributed by atoms with Crippen molar-refractivity contribution < 1.29 is 9.59 Å². The Hall–Kier alpha value is -5.12. The third-order valence-corrected chi connectivity index (χ3v) is 10.5. The minimum absolute atomic E-state index is 0.143. The Morgan fingerprint density at radius 2 is 1.75 bits per heavy atom. The van der Waals surface area contributed by atoms with Crippen LogP contribution in [-0.2, 0) is 4.79 Å². The second-order valence-electron chi connectivity index (χ2n) is 13.3. The van der Waals surface area contributed by atoms with Gasteiger partial charge in [-0.25, -0.2) is 9.97 Å². The van der Waals surface area contributed by atoms with Crippen molar-refractivity contribution in [2.24, 2.45) is 0 Å². The molecule has 0 spiro atoms. The molecule has 1 atom stereocenters. The Morgan fingerprint density at radius 3 is 2.48 bits per heavy atom. The lowest BCUT2D eigenvalue weighted by atomic mass is 9.99. The number of hydrogen-bond acceptors (Lipinski definition) is 5. The van der Waals surface area contributed by atoms with Crippen LogP contribution in [0.1, 0.15) is 61.6 Å². The molecule has 0 aliphatic carbocycles. The molecule has 3 aromatic heterocycles. The van der Waals surface area contributed by atoms with Crippen molar-refractivity contribution in [3.63, 3.8) is 0 Å². The number of fused-ring (bicyclic) bond motifs is 1. The van der Waals surface area contributed by atoms with E-state index in [9.17, 15) is 9.59 Å². The van der Waals surface area contributed by atoms with E-state index in [1.165, 1.54) is 0 Å². The van der Waals surface area contributed by atoms with E-state index < -0.39 is 0 Å². The summed E-state index contributed by atoms with van der Waals surface area (Å²) in [5, 5.41) is 5.26. The minimum atomic E-state index is -0.316. The molecule has 1 unspecified atom stereocenters. The lowest BCUT2D eigenvalue weighted by Gasteiger charge is -2.37. The molecule has 4 heterocycles. The van der Waals surface area contributed by atoms with E-state index in [4.69, 9.17) is 33.2 Å². The van der Waals surface area contributed by atoms with Gasteiger partial charge in [-0.3, -0.25) is 9.59 Å². The highest BCUT2D eigenvalue weighted by atomic mass is 35.5. The number of aromatic amines is 1. The summed E-state index contributed by atoms with van der Waals surface area (Å²) in [5.41, 5.74) is 5.95. The molecule has 9 nitrogen and oxygen atoms in total. The quantitative estimate of drug-likeness (QED) is 0.122. The van der Waals surface area contributed by atoms with Crippen molar-refractivity contribution in [3.05, 3.63) is 119 Å². The Kier molecular flexibility index (Phi) is 10.6. The number of pyridine rings is 1. The summed E-state index contributed by atoms with van der Waals surface area (Å²) < 4.78 is 2.11. The number of hydrogen-bond donors (Lipinski definition) is 2. The van der Waals surface area contributed by atoms with E-state index in [0.29, 0.717) is 32.8 Å². The lowest BCUT2D eigenvalue weighted by molar-refractivity contribution is -0.120. The number of nitrogens with zero attached hydrogens (tertiary/aromatic N) is 5. The predicted molar refractivity (Wildman–Crippen MR) is 210 cm³/mol. The number of carbonyl (C=O) groups is 2. The summed E-state index contributed by atoms with van der Waals surface area (Å²) in [5.74, 6) is 0.386. The van der Waals surface area contributed by atoms with Gasteiger partial charge in [-0.2, -0.15) is 0 Å². The second-order valence-corrected chi connectivity index (χ2v) is 14.1. The molecular weight excluding hydrogens is 693 g/mol. The average Bonchev–Trinajstić information content (AvgIpc) is 3.77. The van der Waals surface area contributed by atoms with Crippen molar-refractivity contribution in [1.29, 1.82) is 0 Å². The van der Waals surface area contributed by atoms with Gasteiger partial charge >= 0.3 is 0 Å². The summed E-state index contributed by atoms with van der Waals surface area (Å²) in [4.78, 5) is 43.7. The highest BCUT2D eigenvalue weighted by Gasteiger charge is 2.30. The molecule has 1 fully saturated rings. The fourth-order valence-electron chi connectivity index (χ4n) is 7.20. The highest BCUT2D eigenvalue weighted by Crippen LogP contribution is 2.42. The first kappa shape index (κ1) is 35.3. The molecule has 7 rings (SSSR count). The van der Waals surface area contributed by atoms with Gasteiger partial charge in [0.15, 0.2) is 5.82 Å². The molecule has 266 valence electrons. The first-order chi connectivity index (χ1) is 25.4. The van der Waals surface area contributed by atoms with E-state index in [-0.39, 0.29) is 18.0 Å². The van der Waals surface area contributed by atoms with Gasteiger partial charge in [0, 0.05) is 63.9 Å². The van der Waals surface area contributed by atoms with Crippen molar-refractivity contribution >= 4 is 57.9 Å². The van der Waals surface area contributed by atoms with E-state index in [2.05, 4.69) is 33.6 Å². The van der Waals surface area contributed by atoms with Gasteiger partial charge in [-0.05, 0) is 68.1 Å². The van der Waals surface area contributed by atoms with E-state index in [1.54, 1.807) is 6.20 Å². The van der Waals surface area contributed by atoms with Crippen LogP contribution < -0.4 is 10.2 Å². The zero-order valence-corrected chi connectivity index (χ0v) is 30.7. The number of nitrogens with one attached hydrogen (secondary N) is 2. The number of benzene rings is 3. The fraction of sp³-hybridized carbons (Fsp3) is 0.268. The second kappa shape index (κ2) is 15.6. The van der Waals surface area contributed by atoms with Crippen LogP contribution in [0.15, 0.2) is 97.5 Å². The molecule has 2 N–H and O–H groups in total. The van der Waals surface area contributed by atoms with Crippen LogP contribution in [0.5, 0.6) is 0 Å². The van der Waals surface area contributed by atoms with Crippen LogP contribution in [-0.4, -0.2) is 62.4 Å². The summed E-state index contributed by atoms with van der Waals surface area (Å²) in [6.07, 6.45) is 8.26. The number of piperidine rings is 1. The van der Waals surface area contributed by atoms with E-state index in [0.717, 1.165) is 85.1 Å². The van der Waals surface area contributed by atoms with Gasteiger partial charge in [0.2, 0.25) is 6.41 Å². The Bertz CT molecular complexity index is 2170. The van der Waals surface area contributed by atoms with E-state index >= 15 is 0 Å². The van der Waals surface area contributed by atoms with Gasteiger partial charge in [0.25, 0.3) is 5.91 Å². The van der Waals surface area contributed by atoms with Crippen LogP contribution >= 0.6 is 23.2 Å². The van der Waals surface area contributed by atoms with E-state index in [1.807, 2.05) is 96.2 Å². The van der Waals surface area contributed by atoms with Crippen LogP contribution in [0.3, 0.4) is 0 Å². The summed E-state index contributed by atoms with van der Waals surface area (Å²) in [6.45, 7) is 6.46. The van der Waals surface area contributed by atoms with Crippen molar-refractivity contribution in [2.75, 3.05) is 29.9 Å². The van der Waals surface area contributed by atoms with Gasteiger partial charge in [-0.1, -0.05) is 85.1 Å². The van der Waals surface area contributed by atoms with Crippen LogP contribution in [0.2, 0.25) is 10.0 Å². The molecule has 6 aromatic rings. The largest absolute Gasteiger partial charge is 0.355 e. The molecule has 1 aliphatic rings. The third kappa shape index (κ3) is 7.16. The molecule has 0 saturated carbocycles. The first-order valence-electron chi connectivity index (χ1n) is 17.8. The molecule has 52 heavy (non-hydrogen) atoms. The maximum Gasteiger partial charge on any atom is 0.272 e. The van der Waals surface area contributed by atoms with Crippen molar-refractivity contribution in [1.82, 2.24) is 24.4 Å². The predicted octanol–water partition coefficient (Wildman–Crippen LogP) is 9.49. The molecule has 1 saturated heterocycles. The smallest absolute Gasteiger partial charge is 0.272 e. The molecule has 11 heteroatoms. The van der Waals surface area contributed by atoms with Crippen molar-refractivity contribution in [3.8, 4) is 22.5 Å². The van der Waals surface area contributed by atoms with Gasteiger partial charge in [0.05, 0.1) is 29.4 Å². The van der Waals surface area contributed by atoms with Gasteiger partial charge < -0.3 is 24.7 Å². The van der Waals surface area contributed by atoms with Crippen LogP contribution in [0.4, 0.5) is 11.5 Å². The average molecular weight is 735 g/mol. The maximum absolute atomic E-state index is 14.6. The Labute approximate surface area is 313 Å². The number of carbonyl (C=O) groups excluding carboxylic acids is 2. The van der Waals surface area contributed by atoms with Gasteiger partial charge in [-0.15, -0.1) is 0 Å². The first-order valence-corrected chi connectivity index (χ1v) is 18.5. The van der Waals surface area contributed by atoms with Crippen LogP contribution in [0, 0.1) is 0 Å². The Morgan fingerprint density at radius 1 is 1.00 bits per heavy atom. The SMILES string of the molecule is CCCCN(C=O)C1CCN(c2ncccc2NC(=O)c2[nH]c3cc(Cl)ccc3c2-c2c(-c3ccccc3)ncn2C(C)c2ccc(Cl)cc2)CC1. The zero-order valence-electron chi connectivity index (χ0n) is 29.2. The normalized spacial score (nSPS) is 14.0. The number of halogens is 2. The molecule has 0 bridgehead atoms. The number of amides is 2. The Balaban J connectivity index is 1.28. The lowest BCUT2D eigenvalue weighted by Crippen LogP contribution is -2.45. The van der Waals surface area contributed by atoms with Gasteiger partial charge in [0.1, 0.15) is 5.69 Å². The summed E-state index contributed by atoms with van der Waals surface area (Å²) in [7, 11) is 0. The zero-order chi connectivity index (χ0) is 36.2. The topological polar surface area (TPSA) is 99.2 Å². The minimum Gasteiger partial charge on any atom is -0.355 e. The molecule has 1 aliphatic heterocycles. The van der Waals surface area contributed by atoms with Crippen molar-refractivity contribution in [2.45, 2.75) is 51.6 Å².